The Kier molecular flexibility index (Phi) is 2.10. The van der Waals surface area contributed by atoms with Crippen LogP contribution >= 0.6 is 0 Å². The van der Waals surface area contributed by atoms with E-state index in [0.29, 0.717) is 5.92 Å². The van der Waals surface area contributed by atoms with Gasteiger partial charge in [-0.1, -0.05) is 32.0 Å². The van der Waals surface area contributed by atoms with Crippen molar-refractivity contribution in [2.45, 2.75) is 26.2 Å². The number of likely N-dealkylation sites (N-methyl/N-ethyl adjacent to an activating group) is 1. The third-order valence-corrected chi connectivity index (χ3v) is 3.73. The second-order valence-corrected chi connectivity index (χ2v) is 4.74. The van der Waals surface area contributed by atoms with Crippen LogP contribution in [0, 0.1) is 5.92 Å². The molecule has 1 amide bonds. The predicted octanol–water partition coefficient (Wildman–Crippen LogP) is 2.58. The number of carbonyl (C=O) groups is 1. The summed E-state index contributed by atoms with van der Waals surface area (Å²) >= 11 is 0. The van der Waals surface area contributed by atoms with Gasteiger partial charge < -0.3 is 4.90 Å². The van der Waals surface area contributed by atoms with Crippen molar-refractivity contribution in [1.29, 1.82) is 0 Å². The Bertz CT molecular complexity index is 411. The van der Waals surface area contributed by atoms with Gasteiger partial charge in [0.25, 0.3) is 0 Å². The number of para-hydroxylation sites is 1. The van der Waals surface area contributed by atoms with Crippen LogP contribution in [0.4, 0.5) is 5.69 Å². The zero-order chi connectivity index (χ0) is 11.2. The molecule has 1 atom stereocenters. The molecule has 1 aliphatic heterocycles. The molecule has 0 radical (unpaired) electrons. The van der Waals surface area contributed by atoms with E-state index in [9.17, 15) is 4.79 Å². The highest BCUT2D eigenvalue weighted by molar-refractivity contribution is 6.07. The molecule has 0 saturated heterocycles. The van der Waals surface area contributed by atoms with Gasteiger partial charge in [0.1, 0.15) is 0 Å². The number of nitrogens with zero attached hydrogens (tertiary/aromatic N) is 1. The van der Waals surface area contributed by atoms with E-state index in [1.54, 1.807) is 4.90 Å². The average Bonchev–Trinajstić information content (AvgIpc) is 2.43. The Balaban J connectivity index is 2.66. The molecule has 1 aromatic rings. The van der Waals surface area contributed by atoms with E-state index in [1.807, 2.05) is 32.2 Å². The Hall–Kier alpha value is -1.31. The Morgan fingerprint density at radius 3 is 2.47 bits per heavy atom. The van der Waals surface area contributed by atoms with Crippen molar-refractivity contribution in [3.63, 3.8) is 0 Å². The average molecular weight is 203 g/mol. The molecule has 1 heterocycles. The van der Waals surface area contributed by atoms with E-state index in [-0.39, 0.29) is 11.3 Å². The zero-order valence-electron chi connectivity index (χ0n) is 9.74. The van der Waals surface area contributed by atoms with Crippen LogP contribution in [0.1, 0.15) is 26.3 Å². The molecule has 0 bridgehead atoms. The van der Waals surface area contributed by atoms with Crippen molar-refractivity contribution in [2.75, 3.05) is 11.9 Å². The second kappa shape index (κ2) is 3.09. The van der Waals surface area contributed by atoms with Crippen LogP contribution in [-0.4, -0.2) is 13.0 Å². The van der Waals surface area contributed by atoms with Gasteiger partial charge in [-0.05, 0) is 24.5 Å². The first-order chi connectivity index (χ1) is 6.99. The first-order valence-corrected chi connectivity index (χ1v) is 5.37. The number of hydrogen-bond acceptors (Lipinski definition) is 1. The summed E-state index contributed by atoms with van der Waals surface area (Å²) in [5.74, 6) is 0.523. The van der Waals surface area contributed by atoms with Crippen LogP contribution in [0.5, 0.6) is 0 Å². The lowest BCUT2D eigenvalue weighted by molar-refractivity contribution is -0.123. The molecule has 2 heteroatoms. The number of benzene rings is 1. The molecule has 1 aliphatic rings. The van der Waals surface area contributed by atoms with E-state index in [4.69, 9.17) is 0 Å². The van der Waals surface area contributed by atoms with Crippen LogP contribution in [-0.2, 0) is 10.2 Å². The standard InChI is InChI=1S/C13H17NO/c1-9(2)13(3)10-7-5-6-8-11(10)14(4)12(13)15/h5-9H,1-4H3/t13-/m0/s1. The van der Waals surface area contributed by atoms with Crippen LogP contribution in [0.15, 0.2) is 24.3 Å². The highest BCUT2D eigenvalue weighted by atomic mass is 16.2. The van der Waals surface area contributed by atoms with Crippen molar-refractivity contribution in [3.8, 4) is 0 Å². The van der Waals surface area contributed by atoms with Crippen molar-refractivity contribution < 1.29 is 4.79 Å². The van der Waals surface area contributed by atoms with Gasteiger partial charge in [0.05, 0.1) is 5.41 Å². The van der Waals surface area contributed by atoms with Crippen LogP contribution < -0.4 is 4.90 Å². The summed E-state index contributed by atoms with van der Waals surface area (Å²) in [5, 5.41) is 0. The molecule has 0 unspecified atom stereocenters. The maximum Gasteiger partial charge on any atom is 0.237 e. The summed E-state index contributed by atoms with van der Waals surface area (Å²) in [5.41, 5.74) is 1.86. The number of carbonyl (C=O) groups excluding carboxylic acids is 1. The Morgan fingerprint density at radius 1 is 1.27 bits per heavy atom. The molecular formula is C13H17NO. The van der Waals surface area contributed by atoms with Gasteiger partial charge in [0, 0.05) is 12.7 Å². The Morgan fingerprint density at radius 2 is 1.87 bits per heavy atom. The van der Waals surface area contributed by atoms with E-state index in [2.05, 4.69) is 19.9 Å². The molecule has 0 fully saturated rings. The fourth-order valence-corrected chi connectivity index (χ4v) is 2.34. The maximum absolute atomic E-state index is 12.3. The SMILES string of the molecule is CC(C)[C@]1(C)C(=O)N(C)c2ccccc21. The van der Waals surface area contributed by atoms with Gasteiger partial charge in [-0.2, -0.15) is 0 Å². The number of amides is 1. The fraction of sp³-hybridized carbons (Fsp3) is 0.462. The van der Waals surface area contributed by atoms with Crippen LogP contribution in [0.3, 0.4) is 0 Å². The summed E-state index contributed by atoms with van der Waals surface area (Å²) in [6.07, 6.45) is 0. The van der Waals surface area contributed by atoms with E-state index >= 15 is 0 Å². The van der Waals surface area contributed by atoms with Crippen molar-refractivity contribution in [2.24, 2.45) is 5.92 Å². The van der Waals surface area contributed by atoms with Gasteiger partial charge in [0.15, 0.2) is 0 Å². The van der Waals surface area contributed by atoms with Crippen molar-refractivity contribution >= 4 is 11.6 Å². The largest absolute Gasteiger partial charge is 0.314 e. The summed E-state index contributed by atoms with van der Waals surface area (Å²) in [6.45, 7) is 6.25. The zero-order valence-corrected chi connectivity index (χ0v) is 9.74. The van der Waals surface area contributed by atoms with Gasteiger partial charge in [-0.15, -0.1) is 0 Å². The summed E-state index contributed by atoms with van der Waals surface area (Å²) < 4.78 is 0. The van der Waals surface area contributed by atoms with Crippen molar-refractivity contribution in [3.05, 3.63) is 29.8 Å². The summed E-state index contributed by atoms with van der Waals surface area (Å²) in [6, 6.07) is 8.07. The van der Waals surface area contributed by atoms with Gasteiger partial charge in [-0.3, -0.25) is 4.79 Å². The topological polar surface area (TPSA) is 20.3 Å². The molecular weight excluding hydrogens is 186 g/mol. The van der Waals surface area contributed by atoms with Crippen LogP contribution in [0.2, 0.25) is 0 Å². The van der Waals surface area contributed by atoms with Gasteiger partial charge >= 0.3 is 0 Å². The quantitative estimate of drug-likeness (QED) is 0.687. The molecule has 2 rings (SSSR count). The molecule has 0 aliphatic carbocycles. The number of anilines is 1. The molecule has 80 valence electrons. The first kappa shape index (κ1) is 10.2. The second-order valence-electron chi connectivity index (χ2n) is 4.74. The molecule has 0 spiro atoms. The number of fused-ring (bicyclic) bond motifs is 1. The smallest absolute Gasteiger partial charge is 0.237 e. The third-order valence-electron chi connectivity index (χ3n) is 3.73. The van der Waals surface area contributed by atoms with E-state index < -0.39 is 0 Å². The van der Waals surface area contributed by atoms with E-state index in [1.165, 1.54) is 0 Å². The molecule has 15 heavy (non-hydrogen) atoms. The van der Waals surface area contributed by atoms with E-state index in [0.717, 1.165) is 11.3 Å². The lowest BCUT2D eigenvalue weighted by atomic mass is 9.74. The molecule has 0 N–H and O–H groups in total. The van der Waals surface area contributed by atoms with Crippen molar-refractivity contribution in [1.82, 2.24) is 0 Å². The number of rotatable bonds is 1. The first-order valence-electron chi connectivity index (χ1n) is 5.37. The molecule has 0 saturated carbocycles. The fourth-order valence-electron chi connectivity index (χ4n) is 2.34. The third kappa shape index (κ3) is 1.14. The summed E-state index contributed by atoms with van der Waals surface area (Å²) in [4.78, 5) is 14.0. The maximum atomic E-state index is 12.3. The number of hydrogen-bond donors (Lipinski definition) is 0. The summed E-state index contributed by atoms with van der Waals surface area (Å²) in [7, 11) is 1.86. The monoisotopic (exact) mass is 203 g/mol. The lowest BCUT2D eigenvalue weighted by Gasteiger charge is -2.27. The van der Waals surface area contributed by atoms with Gasteiger partial charge in [-0.25, -0.2) is 0 Å². The molecule has 1 aromatic carbocycles. The highest BCUT2D eigenvalue weighted by Crippen LogP contribution is 2.44. The minimum atomic E-state index is -0.356. The Labute approximate surface area is 90.9 Å². The normalized spacial score (nSPS) is 24.9. The van der Waals surface area contributed by atoms with Crippen LogP contribution in [0.25, 0.3) is 0 Å². The highest BCUT2D eigenvalue weighted by Gasteiger charge is 2.47. The predicted molar refractivity (Wildman–Crippen MR) is 62.0 cm³/mol. The lowest BCUT2D eigenvalue weighted by Crippen LogP contribution is -2.40. The minimum Gasteiger partial charge on any atom is -0.314 e. The minimum absolute atomic E-state index is 0.207. The molecule has 2 nitrogen and oxygen atoms in total. The molecule has 0 aromatic heterocycles. The van der Waals surface area contributed by atoms with Gasteiger partial charge in [0.2, 0.25) is 5.91 Å².